The molecule has 0 heterocycles. The summed E-state index contributed by atoms with van der Waals surface area (Å²) in [7, 11) is 0. The van der Waals surface area contributed by atoms with Crippen LogP contribution in [0.5, 0.6) is 0 Å². The molecule has 0 bridgehead atoms. The van der Waals surface area contributed by atoms with E-state index in [2.05, 4.69) is 55.4 Å². The number of hydrogen-bond donors (Lipinski definition) is 1. The SMILES string of the molecule is CCC1(C)CCC2C(C)(CCC3(C)C4CC(C)(C)CCC4(C)CCC23C)C1CCC(=O)O. The molecule has 0 amide bonds. The summed E-state index contributed by atoms with van der Waals surface area (Å²) >= 11 is 0. The molecule has 0 aromatic carbocycles. The van der Waals surface area contributed by atoms with Gasteiger partial charge in [-0.2, -0.15) is 0 Å². The molecule has 4 rings (SSSR count). The molecule has 0 aromatic rings. The van der Waals surface area contributed by atoms with Crippen LogP contribution in [0.1, 0.15) is 132 Å². The second kappa shape index (κ2) is 7.48. The van der Waals surface area contributed by atoms with Gasteiger partial charge < -0.3 is 5.11 Å². The normalized spacial score (nSPS) is 52.4. The van der Waals surface area contributed by atoms with E-state index in [1.165, 1.54) is 64.2 Å². The van der Waals surface area contributed by atoms with Crippen molar-refractivity contribution in [1.29, 1.82) is 0 Å². The van der Waals surface area contributed by atoms with Gasteiger partial charge in [-0.1, -0.05) is 61.8 Å². The zero-order valence-electron chi connectivity index (χ0n) is 22.6. The van der Waals surface area contributed by atoms with Crippen molar-refractivity contribution in [3.8, 4) is 0 Å². The van der Waals surface area contributed by atoms with E-state index in [-0.39, 0.29) is 5.41 Å². The molecule has 8 unspecified atom stereocenters. The highest BCUT2D eigenvalue weighted by molar-refractivity contribution is 5.66. The van der Waals surface area contributed by atoms with Crippen LogP contribution in [0.2, 0.25) is 0 Å². The minimum Gasteiger partial charge on any atom is -0.481 e. The Balaban J connectivity index is 1.74. The highest BCUT2D eigenvalue weighted by Gasteiger charge is 2.69. The molecule has 2 heteroatoms. The van der Waals surface area contributed by atoms with E-state index in [0.717, 1.165) is 18.3 Å². The fourth-order valence-corrected chi connectivity index (χ4v) is 10.6. The summed E-state index contributed by atoms with van der Waals surface area (Å²) in [6.45, 7) is 20.5. The van der Waals surface area contributed by atoms with Crippen LogP contribution in [0.4, 0.5) is 0 Å². The van der Waals surface area contributed by atoms with Crippen molar-refractivity contribution in [2.24, 2.45) is 50.2 Å². The van der Waals surface area contributed by atoms with Crippen LogP contribution in [-0.2, 0) is 4.79 Å². The molecule has 184 valence electrons. The second-order valence-corrected chi connectivity index (χ2v) is 15.0. The molecule has 32 heavy (non-hydrogen) atoms. The molecule has 2 nitrogen and oxygen atoms in total. The molecule has 0 spiro atoms. The van der Waals surface area contributed by atoms with E-state index in [9.17, 15) is 9.90 Å². The van der Waals surface area contributed by atoms with Gasteiger partial charge in [-0.15, -0.1) is 0 Å². The number of carboxylic acid groups (broad SMARTS) is 1. The van der Waals surface area contributed by atoms with Gasteiger partial charge in [-0.3, -0.25) is 4.79 Å². The van der Waals surface area contributed by atoms with E-state index in [4.69, 9.17) is 0 Å². The van der Waals surface area contributed by atoms with Crippen LogP contribution < -0.4 is 0 Å². The highest BCUT2D eigenvalue weighted by Crippen LogP contribution is 2.77. The van der Waals surface area contributed by atoms with E-state index in [1.54, 1.807) is 0 Å². The lowest BCUT2D eigenvalue weighted by atomic mass is 9.31. The summed E-state index contributed by atoms with van der Waals surface area (Å²) in [5, 5.41) is 9.55. The first-order chi connectivity index (χ1) is 14.7. The van der Waals surface area contributed by atoms with E-state index < -0.39 is 5.97 Å². The summed E-state index contributed by atoms with van der Waals surface area (Å²) in [6.07, 6.45) is 14.6. The van der Waals surface area contributed by atoms with Crippen LogP contribution in [0, 0.1) is 50.2 Å². The van der Waals surface area contributed by atoms with Crippen LogP contribution in [0.25, 0.3) is 0 Å². The lowest BCUT2D eigenvalue weighted by molar-refractivity contribution is -0.251. The second-order valence-electron chi connectivity index (χ2n) is 15.0. The Kier molecular flexibility index (Phi) is 5.75. The first-order valence-electron chi connectivity index (χ1n) is 13.9. The third kappa shape index (κ3) is 3.35. The van der Waals surface area contributed by atoms with E-state index >= 15 is 0 Å². The molecule has 4 fully saturated rings. The third-order valence-corrected chi connectivity index (χ3v) is 13.1. The molecular weight excluding hydrogens is 392 g/mol. The van der Waals surface area contributed by atoms with Crippen molar-refractivity contribution < 1.29 is 9.90 Å². The van der Waals surface area contributed by atoms with Crippen molar-refractivity contribution in [2.45, 2.75) is 132 Å². The highest BCUT2D eigenvalue weighted by atomic mass is 16.4. The maximum absolute atomic E-state index is 11.6. The average Bonchev–Trinajstić information content (AvgIpc) is 2.70. The first-order valence-corrected chi connectivity index (χ1v) is 13.9. The standard InChI is InChI=1S/C30H52O2/c1-9-26(4)13-12-22-28(6,21(26)10-11-24(31)32)17-19-30(8)23-20-25(2,3)14-15-27(23,5)16-18-29(22,30)7/h21-23H,9-20H2,1-8H3,(H,31,32). The molecule has 0 aliphatic heterocycles. The molecule has 4 aliphatic carbocycles. The number of rotatable bonds is 4. The molecule has 0 aromatic heterocycles. The van der Waals surface area contributed by atoms with Crippen molar-refractivity contribution >= 4 is 5.97 Å². The summed E-state index contributed by atoms with van der Waals surface area (Å²) in [6, 6.07) is 0. The van der Waals surface area contributed by atoms with Crippen molar-refractivity contribution in [1.82, 2.24) is 0 Å². The lowest BCUT2D eigenvalue weighted by Gasteiger charge is -2.74. The molecular formula is C30H52O2. The maximum atomic E-state index is 11.6. The fraction of sp³-hybridized carbons (Fsp3) is 0.967. The number of carboxylic acids is 1. The lowest BCUT2D eigenvalue weighted by Crippen LogP contribution is -2.66. The van der Waals surface area contributed by atoms with Crippen LogP contribution in [0.3, 0.4) is 0 Å². The van der Waals surface area contributed by atoms with Gasteiger partial charge in [0, 0.05) is 6.42 Å². The fourth-order valence-electron chi connectivity index (χ4n) is 10.6. The largest absolute Gasteiger partial charge is 0.481 e. The van der Waals surface area contributed by atoms with Crippen molar-refractivity contribution in [3.63, 3.8) is 0 Å². The Labute approximate surface area is 198 Å². The van der Waals surface area contributed by atoms with Gasteiger partial charge in [0.05, 0.1) is 0 Å². The van der Waals surface area contributed by atoms with Gasteiger partial charge in [0.2, 0.25) is 0 Å². The Bertz CT molecular complexity index is 756. The van der Waals surface area contributed by atoms with Gasteiger partial charge in [0.15, 0.2) is 0 Å². The predicted octanol–water partition coefficient (Wildman–Crippen LogP) is 8.73. The molecule has 4 saturated carbocycles. The smallest absolute Gasteiger partial charge is 0.303 e. The Hall–Kier alpha value is -0.530. The van der Waals surface area contributed by atoms with Crippen LogP contribution in [0.15, 0.2) is 0 Å². The monoisotopic (exact) mass is 444 g/mol. The zero-order valence-corrected chi connectivity index (χ0v) is 22.6. The minimum atomic E-state index is -0.612. The Morgan fingerprint density at radius 3 is 2.03 bits per heavy atom. The number of hydrogen-bond acceptors (Lipinski definition) is 1. The minimum absolute atomic E-state index is 0.282. The Morgan fingerprint density at radius 2 is 1.41 bits per heavy atom. The summed E-state index contributed by atoms with van der Waals surface area (Å²) in [4.78, 5) is 11.6. The zero-order chi connectivity index (χ0) is 23.8. The van der Waals surface area contributed by atoms with Crippen LogP contribution in [-0.4, -0.2) is 11.1 Å². The Morgan fingerprint density at radius 1 is 0.812 bits per heavy atom. The van der Waals surface area contributed by atoms with Gasteiger partial charge in [0.25, 0.3) is 0 Å². The van der Waals surface area contributed by atoms with Gasteiger partial charge in [-0.05, 0) is 114 Å². The molecule has 1 N–H and O–H groups in total. The van der Waals surface area contributed by atoms with Crippen molar-refractivity contribution in [2.75, 3.05) is 0 Å². The van der Waals surface area contributed by atoms with E-state index in [0.29, 0.717) is 39.4 Å². The number of aliphatic carboxylic acids is 1. The quantitative estimate of drug-likeness (QED) is 0.470. The van der Waals surface area contributed by atoms with Gasteiger partial charge in [-0.25, -0.2) is 0 Å². The van der Waals surface area contributed by atoms with Crippen molar-refractivity contribution in [3.05, 3.63) is 0 Å². The molecule has 0 saturated heterocycles. The van der Waals surface area contributed by atoms with Crippen LogP contribution >= 0.6 is 0 Å². The number of carbonyl (C=O) groups is 1. The number of fused-ring (bicyclic) bond motifs is 5. The van der Waals surface area contributed by atoms with Gasteiger partial charge >= 0.3 is 5.97 Å². The summed E-state index contributed by atoms with van der Waals surface area (Å²) in [5.41, 5.74) is 2.37. The van der Waals surface area contributed by atoms with Gasteiger partial charge in [0.1, 0.15) is 0 Å². The van der Waals surface area contributed by atoms with E-state index in [1.807, 2.05) is 0 Å². The first kappa shape index (κ1) is 24.6. The topological polar surface area (TPSA) is 37.3 Å². The summed E-state index contributed by atoms with van der Waals surface area (Å²) in [5.74, 6) is 1.49. The molecule has 8 atom stereocenters. The summed E-state index contributed by atoms with van der Waals surface area (Å²) < 4.78 is 0. The molecule has 4 aliphatic rings. The average molecular weight is 445 g/mol. The predicted molar refractivity (Wildman–Crippen MR) is 133 cm³/mol. The third-order valence-electron chi connectivity index (χ3n) is 13.1. The molecule has 0 radical (unpaired) electrons. The maximum Gasteiger partial charge on any atom is 0.303 e.